The van der Waals surface area contributed by atoms with E-state index < -0.39 is 8.24 Å². The molecule has 1 saturated carbocycles. The minimum atomic E-state index is -1.16. The molecule has 0 aromatic carbocycles. The Hall–Kier alpha value is 1.93. The fourth-order valence-electron chi connectivity index (χ4n) is 1.99. The molecule has 0 aromatic rings. The summed E-state index contributed by atoms with van der Waals surface area (Å²) < 4.78 is 0. The molecule has 96 valence electrons. The third-order valence-corrected chi connectivity index (χ3v) is 3.73. The van der Waals surface area contributed by atoms with E-state index in [9.17, 15) is 0 Å². The van der Waals surface area contributed by atoms with E-state index in [4.69, 9.17) is 4.98 Å². The molecule has 2 unspecified atom stereocenters. The van der Waals surface area contributed by atoms with Crippen LogP contribution in [-0.4, -0.2) is 14.3 Å². The van der Waals surface area contributed by atoms with Crippen molar-refractivity contribution in [3.05, 3.63) is 4.98 Å². The number of halogens is 3. The van der Waals surface area contributed by atoms with Crippen molar-refractivity contribution in [3.63, 3.8) is 0 Å². The van der Waals surface area contributed by atoms with Crippen molar-refractivity contribution in [1.29, 1.82) is 0 Å². The van der Waals surface area contributed by atoms with E-state index in [-0.39, 0.29) is 63.4 Å². The third-order valence-electron chi connectivity index (χ3n) is 2.62. The smallest absolute Gasteiger partial charge is 1.00 e. The summed E-state index contributed by atoms with van der Waals surface area (Å²) in [6, 6.07) is 0.699. The van der Waals surface area contributed by atoms with Gasteiger partial charge in [-0.3, -0.25) is 0 Å². The molecule has 16 heavy (non-hydrogen) atoms. The van der Waals surface area contributed by atoms with Gasteiger partial charge in [0.1, 0.15) is 0 Å². The molecule has 0 saturated heterocycles. The van der Waals surface area contributed by atoms with Crippen molar-refractivity contribution in [1.82, 2.24) is 0 Å². The summed E-state index contributed by atoms with van der Waals surface area (Å²) in [5.74, 6) is 0.852. The summed E-state index contributed by atoms with van der Waals surface area (Å²) in [6.45, 7) is 9.39. The summed E-state index contributed by atoms with van der Waals surface area (Å²) in [5, 5.41) is 0. The molecule has 0 radical (unpaired) electrons. The van der Waals surface area contributed by atoms with E-state index in [1.165, 1.54) is 25.7 Å². The molecule has 1 fully saturated rings. The van der Waals surface area contributed by atoms with Gasteiger partial charge < -0.3 is 42.2 Å². The predicted octanol–water partition coefficient (Wildman–Crippen LogP) is -5.22. The van der Waals surface area contributed by atoms with Gasteiger partial charge in [-0.05, 0) is 0 Å². The Morgan fingerprint density at radius 2 is 1.38 bits per heavy atom. The first-order chi connectivity index (χ1) is 5.49. The molecule has 2 atom stereocenters. The first-order valence-corrected chi connectivity index (χ1v) is 8.66. The third kappa shape index (κ3) is 11.0. The SMILES string of the molecule is CC1CCCCC1[N-][Si](C)(C)C.[Cl-].[Cl-].[Cl-].[Zr+4]. The zero-order valence-electron chi connectivity index (χ0n) is 10.6. The van der Waals surface area contributed by atoms with Gasteiger partial charge in [0.2, 0.25) is 0 Å². The molecule has 0 heterocycles. The Bertz CT molecular complexity index is 155. The second-order valence-corrected chi connectivity index (χ2v) is 9.73. The van der Waals surface area contributed by atoms with Crippen LogP contribution in [0.3, 0.4) is 0 Å². The molecule has 0 aromatic heterocycles. The molecule has 0 bridgehead atoms. The summed E-state index contributed by atoms with van der Waals surface area (Å²) in [6.07, 6.45) is 5.59. The van der Waals surface area contributed by atoms with Gasteiger partial charge >= 0.3 is 26.2 Å². The molecule has 0 amide bonds. The molecule has 0 spiro atoms. The normalized spacial score (nSPS) is 24.0. The van der Waals surface area contributed by atoms with Crippen LogP contribution in [0.15, 0.2) is 0 Å². The van der Waals surface area contributed by atoms with Crippen molar-refractivity contribution >= 4 is 8.24 Å². The average molecular weight is 382 g/mol. The second kappa shape index (κ2) is 12.0. The topological polar surface area (TPSA) is 14.1 Å². The summed E-state index contributed by atoms with van der Waals surface area (Å²) in [4.78, 5) is 4.99. The standard InChI is InChI=1S/C10H22NSi.3ClH.Zr/c1-9-7-5-6-8-10(9)11-12(2,3)4;;;;/h9-10H,5-8H2,1-4H3;3*1H;/q-1;;;;+4/p-3. The van der Waals surface area contributed by atoms with Gasteiger partial charge in [-0.2, -0.15) is 0 Å². The Labute approximate surface area is 140 Å². The van der Waals surface area contributed by atoms with E-state index in [0.717, 1.165) is 5.92 Å². The van der Waals surface area contributed by atoms with E-state index in [0.29, 0.717) is 6.04 Å². The van der Waals surface area contributed by atoms with Crippen LogP contribution in [0.5, 0.6) is 0 Å². The fourth-order valence-corrected chi connectivity index (χ4v) is 3.36. The quantitative estimate of drug-likeness (QED) is 0.425. The molecule has 0 aliphatic heterocycles. The first kappa shape index (κ1) is 26.5. The maximum absolute atomic E-state index is 4.99. The van der Waals surface area contributed by atoms with E-state index >= 15 is 0 Å². The fraction of sp³-hybridized carbons (Fsp3) is 1.00. The number of nitrogens with zero attached hydrogens (tertiary/aromatic N) is 1. The molecule has 1 aliphatic carbocycles. The minimum absolute atomic E-state index is 0. The van der Waals surface area contributed by atoms with Crippen LogP contribution in [0.1, 0.15) is 32.6 Å². The molecule has 1 aliphatic rings. The van der Waals surface area contributed by atoms with E-state index in [1.54, 1.807) is 0 Å². The van der Waals surface area contributed by atoms with Crippen molar-refractivity contribution in [2.45, 2.75) is 58.3 Å². The Kier molecular flexibility index (Phi) is 19.8. The monoisotopic (exact) mass is 379 g/mol. The second-order valence-electron chi connectivity index (χ2n) is 5.13. The number of hydrogen-bond donors (Lipinski definition) is 0. The van der Waals surface area contributed by atoms with E-state index in [2.05, 4.69) is 26.6 Å². The summed E-state index contributed by atoms with van der Waals surface area (Å²) in [5.41, 5.74) is 0. The number of rotatable bonds is 2. The van der Waals surface area contributed by atoms with Crippen LogP contribution in [0.2, 0.25) is 19.6 Å². The van der Waals surface area contributed by atoms with Crippen LogP contribution < -0.4 is 37.2 Å². The van der Waals surface area contributed by atoms with Crippen LogP contribution in [0.4, 0.5) is 0 Å². The van der Waals surface area contributed by atoms with Gasteiger partial charge in [0.25, 0.3) is 0 Å². The minimum Gasteiger partial charge on any atom is -1.00 e. The molecular weight excluding hydrogens is 360 g/mol. The van der Waals surface area contributed by atoms with Gasteiger partial charge in [0, 0.05) is 0 Å². The zero-order valence-corrected chi connectivity index (χ0v) is 16.3. The molecule has 6 heteroatoms. The molecule has 0 N–H and O–H groups in total. The van der Waals surface area contributed by atoms with Gasteiger partial charge in [-0.25, -0.2) is 0 Å². The maximum atomic E-state index is 4.99. The Morgan fingerprint density at radius 1 is 0.938 bits per heavy atom. The van der Waals surface area contributed by atoms with Gasteiger partial charge in [-0.1, -0.05) is 66.4 Å². The van der Waals surface area contributed by atoms with Gasteiger partial charge in [0.05, 0.1) is 0 Å². The van der Waals surface area contributed by atoms with E-state index in [1.807, 2.05) is 0 Å². The van der Waals surface area contributed by atoms with Crippen LogP contribution >= 0.6 is 0 Å². The Morgan fingerprint density at radius 3 is 1.75 bits per heavy atom. The molecule has 1 rings (SSSR count). The first-order valence-electron chi connectivity index (χ1n) is 5.21. The average Bonchev–Trinajstić information content (AvgIpc) is 1.91. The predicted molar refractivity (Wildman–Crippen MR) is 58.1 cm³/mol. The maximum Gasteiger partial charge on any atom is 4.00 e. The Balaban J connectivity index is -0.000000180. The zero-order chi connectivity index (χ0) is 9.19. The number of hydrogen-bond acceptors (Lipinski definition) is 0. The van der Waals surface area contributed by atoms with Crippen molar-refractivity contribution < 1.29 is 63.4 Å². The van der Waals surface area contributed by atoms with Crippen LogP contribution in [0, 0.1) is 5.92 Å². The summed E-state index contributed by atoms with van der Waals surface area (Å²) >= 11 is 0. The van der Waals surface area contributed by atoms with Crippen molar-refractivity contribution in [3.8, 4) is 0 Å². The van der Waals surface area contributed by atoms with Crippen molar-refractivity contribution in [2.24, 2.45) is 5.92 Å². The van der Waals surface area contributed by atoms with Crippen LogP contribution in [0.25, 0.3) is 4.98 Å². The summed E-state index contributed by atoms with van der Waals surface area (Å²) in [7, 11) is -1.16. The molecule has 1 nitrogen and oxygen atoms in total. The largest absolute Gasteiger partial charge is 4.00 e. The van der Waals surface area contributed by atoms with Gasteiger partial charge in [-0.15, -0.1) is 6.04 Å². The van der Waals surface area contributed by atoms with Crippen molar-refractivity contribution in [2.75, 3.05) is 0 Å². The molecular formula is C10H22Cl3NSiZr. The van der Waals surface area contributed by atoms with Crippen LogP contribution in [-0.2, 0) is 26.2 Å². The van der Waals surface area contributed by atoms with Gasteiger partial charge in [0.15, 0.2) is 0 Å².